The molecule has 9 N–H and O–H groups in total. The molecule has 5 fully saturated rings. The number of nitrogens with zero attached hydrogens (tertiary/aromatic N) is 6. The van der Waals surface area contributed by atoms with Crippen LogP contribution in [-0.2, 0) is 56.3 Å². The van der Waals surface area contributed by atoms with E-state index in [-0.39, 0.29) is 72.2 Å². The molecular weight excluding hydrogens is 1150 g/mol. The first kappa shape index (κ1) is 62.0. The van der Waals surface area contributed by atoms with Gasteiger partial charge in [0.2, 0.25) is 12.2 Å². The van der Waals surface area contributed by atoms with Gasteiger partial charge in [0.15, 0.2) is 16.9 Å². The van der Waals surface area contributed by atoms with Crippen molar-refractivity contribution in [2.24, 2.45) is 22.0 Å². The molecule has 1 saturated heterocycles. The van der Waals surface area contributed by atoms with E-state index >= 15 is 0 Å². The number of pyridine rings is 1. The lowest BCUT2D eigenvalue weighted by molar-refractivity contribution is -0.271. The Hall–Kier alpha value is -7.58. The number of aromatic carboxylic acids is 1. The predicted octanol–water partition coefficient (Wildman–Crippen LogP) is 6.84. The number of para-hydroxylation sites is 1. The van der Waals surface area contributed by atoms with Crippen molar-refractivity contribution in [3.63, 3.8) is 0 Å². The first-order chi connectivity index (χ1) is 42.1. The minimum absolute atomic E-state index is 0.0138. The third-order valence-electron chi connectivity index (χ3n) is 18.3. The second-order valence-corrected chi connectivity index (χ2v) is 26.5. The molecule has 6 aliphatic rings. The van der Waals surface area contributed by atoms with Crippen LogP contribution >= 0.6 is 11.3 Å². The Labute approximate surface area is 513 Å². The van der Waals surface area contributed by atoms with Gasteiger partial charge in [-0.3, -0.25) is 19.6 Å². The number of nitrogens with one attached hydrogen (secondary N) is 2. The summed E-state index contributed by atoms with van der Waals surface area (Å²) in [6, 6.07) is 22.2. The molecule has 3 aromatic heterocycles. The molecule has 4 bridgehead atoms. The van der Waals surface area contributed by atoms with Crippen molar-refractivity contribution < 1.29 is 68.5 Å². The average molecular weight is 1230 g/mol. The number of ether oxygens (including phenoxy) is 4. The molecule has 5 heterocycles. The number of thiazole rings is 1. The number of fused-ring (bicyclic) bond motifs is 2. The van der Waals surface area contributed by atoms with Gasteiger partial charge in [0, 0.05) is 74.1 Å². The van der Waals surface area contributed by atoms with E-state index < -0.39 is 54.3 Å². The van der Waals surface area contributed by atoms with Crippen LogP contribution in [0.3, 0.4) is 0 Å². The first-order valence-electron chi connectivity index (χ1n) is 30.1. The fourth-order valence-electron chi connectivity index (χ4n) is 15.4. The lowest BCUT2D eigenvalue weighted by Gasteiger charge is -2.69. The number of hydrogen-bond acceptors (Lipinski definition) is 18. The number of aliphatic hydroxyl groups is 3. The highest BCUT2D eigenvalue weighted by molar-refractivity contribution is 7.22. The van der Waals surface area contributed by atoms with Crippen molar-refractivity contribution in [1.29, 1.82) is 0 Å². The molecule has 3 amide bonds. The molecule has 12 rings (SSSR count). The van der Waals surface area contributed by atoms with Crippen LogP contribution in [-0.4, -0.2) is 156 Å². The van der Waals surface area contributed by atoms with Gasteiger partial charge in [0.05, 0.1) is 28.6 Å². The standard InChI is InChI=1S/C64H77N9O14S/c1-37-43(41-17-18-48(69-50(41)56(79)80)72-22-19-39-11-9-12-42(44(39)28-72)55(78)70-59-68-45-13-5-6-14-47(45)88-59)27-67-73(37)36-63-31-61(2)30-62(3,32-63)34-64(33-61,35-63)85-25-24-71(23-20-49(74)66-4)60(83)84-29-40-16-15-38(10-7-8-21-65)26-46(40)86-58-53(77)51(75)52(76)54(87-58)57(81)82/h5-6,9,11-18,26-27,51-54,58,75-77H,7-8,10,19-25,28-36,65H2,1-4H3,(H,66,74)(H,79,80)(H,81,82)(H,68,70,78)/t51-,52-,53+,54-,58+,61?,62?,63?,64?/m1/s1. The quantitative estimate of drug-likeness (QED) is 0.0304. The van der Waals surface area contributed by atoms with Gasteiger partial charge in [-0.25, -0.2) is 24.4 Å². The number of carbonyl (C=O) groups is 5. The Bertz CT molecular complexity index is 3580. The molecule has 3 aromatic carbocycles. The summed E-state index contributed by atoms with van der Waals surface area (Å²) >= 11 is 1.41. The fourth-order valence-corrected chi connectivity index (χ4v) is 16.3. The second-order valence-electron chi connectivity index (χ2n) is 25.4. The number of benzene rings is 3. The van der Waals surface area contributed by atoms with Crippen LogP contribution in [0.2, 0.25) is 0 Å². The third kappa shape index (κ3) is 13.0. The number of carboxylic acid groups (broad SMARTS) is 2. The molecule has 24 heteroatoms. The molecular formula is C64H77N9O14S. The number of rotatable bonds is 23. The van der Waals surface area contributed by atoms with E-state index in [1.165, 1.54) is 23.3 Å². The van der Waals surface area contributed by atoms with Crippen LogP contribution < -0.4 is 26.0 Å². The normalized spacial score (nSPS) is 26.1. The Morgan fingerprint density at radius 1 is 0.875 bits per heavy atom. The molecule has 88 heavy (non-hydrogen) atoms. The van der Waals surface area contributed by atoms with E-state index in [0.29, 0.717) is 72.2 Å². The van der Waals surface area contributed by atoms with Crippen LogP contribution in [0.5, 0.6) is 5.75 Å². The van der Waals surface area contributed by atoms with E-state index in [9.17, 15) is 49.5 Å². The van der Waals surface area contributed by atoms with Gasteiger partial charge in [0.25, 0.3) is 5.91 Å². The highest BCUT2D eigenvalue weighted by atomic mass is 32.1. The number of unbranched alkanes of at least 4 members (excludes halogenated alkanes) is 1. The lowest BCUT2D eigenvalue weighted by atomic mass is 9.39. The van der Waals surface area contributed by atoms with Gasteiger partial charge < -0.3 is 65.3 Å². The van der Waals surface area contributed by atoms with Gasteiger partial charge in [-0.1, -0.05) is 61.6 Å². The number of carbonyl (C=O) groups excluding carboxylic acids is 3. The van der Waals surface area contributed by atoms with E-state index in [1.54, 1.807) is 30.5 Å². The Morgan fingerprint density at radius 3 is 2.40 bits per heavy atom. The number of aryl methyl sites for hydroxylation is 1. The van der Waals surface area contributed by atoms with E-state index in [2.05, 4.69) is 29.5 Å². The lowest BCUT2D eigenvalue weighted by Crippen LogP contribution is -2.64. The molecule has 0 radical (unpaired) electrons. The van der Waals surface area contributed by atoms with E-state index in [4.69, 9.17) is 34.8 Å². The van der Waals surface area contributed by atoms with Gasteiger partial charge in [-0.05, 0) is 147 Å². The van der Waals surface area contributed by atoms with Crippen molar-refractivity contribution in [3.05, 3.63) is 118 Å². The number of carboxylic acids is 2. The van der Waals surface area contributed by atoms with Crippen LogP contribution in [0.4, 0.5) is 15.7 Å². The molecule has 23 nitrogen and oxygen atoms in total. The number of aromatic nitrogens is 4. The maximum absolute atomic E-state index is 14.2. The third-order valence-corrected chi connectivity index (χ3v) is 19.3. The monoisotopic (exact) mass is 1230 g/mol. The predicted molar refractivity (Wildman–Crippen MR) is 325 cm³/mol. The van der Waals surface area contributed by atoms with Gasteiger partial charge in [-0.15, -0.1) is 0 Å². The zero-order valence-corrected chi connectivity index (χ0v) is 50.7. The molecule has 4 aliphatic carbocycles. The van der Waals surface area contributed by atoms with Gasteiger partial charge in [-0.2, -0.15) is 5.10 Å². The van der Waals surface area contributed by atoms with Gasteiger partial charge in [0.1, 0.15) is 36.5 Å². The van der Waals surface area contributed by atoms with Crippen LogP contribution in [0.1, 0.15) is 120 Å². The van der Waals surface area contributed by atoms with Crippen LogP contribution in [0.25, 0.3) is 21.3 Å². The minimum atomic E-state index is -1.92. The summed E-state index contributed by atoms with van der Waals surface area (Å²) in [5.41, 5.74) is 11.0. The van der Waals surface area contributed by atoms with Crippen molar-refractivity contribution in [2.45, 2.75) is 147 Å². The number of hydrogen-bond donors (Lipinski definition) is 8. The SMILES string of the molecule is CNC(=O)CCN(CCOC12CC3(C)CC(C)(CC(Cn4ncc(-c5ccc(N6CCc7cccc(C(=O)Nc8nc9ccccc9s8)c7C6)nc5C(=O)O)c4C)(C3)C1)C2)C(=O)OCc1ccc(CCCCN)cc1O[C@H]1O[C@@H](C(=O)O)[C@H](O)[C@@H](O)[C@@H]1O. The Balaban J connectivity index is 0.772. The van der Waals surface area contributed by atoms with Crippen molar-refractivity contribution in [3.8, 4) is 16.9 Å². The van der Waals surface area contributed by atoms with E-state index in [1.807, 2.05) is 65.0 Å². The smallest absolute Gasteiger partial charge is 0.410 e. The largest absolute Gasteiger partial charge is 0.479 e. The summed E-state index contributed by atoms with van der Waals surface area (Å²) in [5.74, 6) is -2.72. The number of nitrogens with two attached hydrogens (primary N) is 1. The summed E-state index contributed by atoms with van der Waals surface area (Å²) in [5, 5.41) is 63.1. The van der Waals surface area contributed by atoms with Crippen LogP contribution in [0, 0.1) is 23.2 Å². The minimum Gasteiger partial charge on any atom is -0.479 e. The molecule has 6 aromatic rings. The topological polar surface area (TPSA) is 324 Å². The number of amides is 3. The zero-order chi connectivity index (χ0) is 62.3. The summed E-state index contributed by atoms with van der Waals surface area (Å²) in [6.07, 6.45) is -0.282. The summed E-state index contributed by atoms with van der Waals surface area (Å²) in [6.45, 7) is 8.52. The molecule has 468 valence electrons. The highest BCUT2D eigenvalue weighted by Gasteiger charge is 2.66. The maximum Gasteiger partial charge on any atom is 0.410 e. The number of anilines is 2. The number of aliphatic carboxylic acids is 1. The van der Waals surface area contributed by atoms with Crippen molar-refractivity contribution >= 4 is 62.3 Å². The summed E-state index contributed by atoms with van der Waals surface area (Å²) in [7, 11) is 1.51. The fraction of sp³-hybridized carbons (Fsp3) is 0.500. The molecule has 0 spiro atoms. The summed E-state index contributed by atoms with van der Waals surface area (Å²) < 4.78 is 27.4. The Morgan fingerprint density at radius 2 is 1.66 bits per heavy atom. The Kier molecular flexibility index (Phi) is 17.7. The van der Waals surface area contributed by atoms with Crippen molar-refractivity contribution in [2.75, 3.05) is 50.1 Å². The molecule has 2 unspecified atom stereocenters. The van der Waals surface area contributed by atoms with E-state index in [0.717, 1.165) is 84.0 Å². The number of aliphatic hydroxyl groups excluding tert-OH is 3. The van der Waals surface area contributed by atoms with Crippen LogP contribution in [0.15, 0.2) is 79.0 Å². The second kappa shape index (κ2) is 25.1. The molecule has 7 atom stereocenters. The molecule has 2 aliphatic heterocycles. The zero-order valence-electron chi connectivity index (χ0n) is 49.9. The summed E-state index contributed by atoms with van der Waals surface area (Å²) in [4.78, 5) is 78.5. The van der Waals surface area contributed by atoms with Crippen molar-refractivity contribution in [1.82, 2.24) is 30.0 Å². The van der Waals surface area contributed by atoms with Gasteiger partial charge >= 0.3 is 18.0 Å². The molecule has 4 saturated carbocycles. The highest BCUT2D eigenvalue weighted by Crippen LogP contribution is 2.72. The average Bonchev–Trinajstić information content (AvgIpc) is 0.729. The first-order valence-corrected chi connectivity index (χ1v) is 30.9. The maximum atomic E-state index is 14.2.